The van der Waals surface area contributed by atoms with Crippen LogP contribution in [0.3, 0.4) is 0 Å². The molecule has 67 heavy (non-hydrogen) atoms. The summed E-state index contributed by atoms with van der Waals surface area (Å²) in [6.45, 7) is 0. The van der Waals surface area contributed by atoms with Gasteiger partial charge in [-0.25, -0.2) is 4.79 Å². The van der Waals surface area contributed by atoms with Gasteiger partial charge in [0.2, 0.25) is 5.78 Å². The average Bonchev–Trinajstić information content (AvgIpc) is 3.34. The Kier molecular flexibility index (Phi) is 17.4. The van der Waals surface area contributed by atoms with E-state index in [1.807, 2.05) is 182 Å². The molecule has 1 aromatic heterocycles. The van der Waals surface area contributed by atoms with Gasteiger partial charge in [0.15, 0.2) is 19.8 Å². The zero-order valence-corrected chi connectivity index (χ0v) is 39.1. The first-order valence-electron chi connectivity index (χ1n) is 19.6. The molecule has 0 amide bonds. The Morgan fingerprint density at radius 1 is 0.522 bits per heavy atom. The topological polar surface area (TPSA) is 111 Å². The van der Waals surface area contributed by atoms with Crippen LogP contribution in [0.4, 0.5) is 30.7 Å². The first-order valence-corrected chi connectivity index (χ1v) is 23.0. The van der Waals surface area contributed by atoms with E-state index < -0.39 is 66.0 Å². The van der Waals surface area contributed by atoms with Crippen molar-refractivity contribution in [1.82, 2.24) is 0 Å². The molecule has 0 fully saturated rings. The van der Waals surface area contributed by atoms with Crippen LogP contribution in [0.25, 0.3) is 11.0 Å². The molecule has 0 saturated carbocycles. The van der Waals surface area contributed by atoms with E-state index in [1.165, 1.54) is 7.11 Å². The fourth-order valence-corrected chi connectivity index (χ4v) is 12.0. The van der Waals surface area contributed by atoms with Crippen LogP contribution in [0.5, 0.6) is 11.5 Å². The number of Topliss-reactive ketones (excluding diaryl/α,β-unsaturated/α-hetero) is 1. The van der Waals surface area contributed by atoms with Crippen LogP contribution in [0, 0.1) is 49.4 Å². The predicted molar refractivity (Wildman–Crippen MR) is 243 cm³/mol. The van der Waals surface area contributed by atoms with E-state index in [2.05, 4.69) is 4.42 Å². The number of ether oxygens (including phenoxy) is 1. The zero-order valence-electron chi connectivity index (χ0n) is 34.9. The molecule has 8 aromatic rings. The number of rotatable bonds is 10. The molecule has 0 aliphatic heterocycles. The van der Waals surface area contributed by atoms with Crippen molar-refractivity contribution >= 4 is 62.9 Å². The predicted octanol–water partition coefficient (Wildman–Crippen LogP) is 10.2. The van der Waals surface area contributed by atoms with E-state index >= 15 is 0 Å². The van der Waals surface area contributed by atoms with Crippen LogP contribution < -0.4 is 42.2 Å². The molecule has 7 aromatic carbocycles. The summed E-state index contributed by atoms with van der Waals surface area (Å²) < 4.78 is 126. The van der Waals surface area contributed by atoms with Gasteiger partial charge in [0, 0.05) is 87.3 Å². The van der Waals surface area contributed by atoms with Crippen molar-refractivity contribution in [3.63, 3.8) is 0 Å². The minimum Gasteiger partial charge on any atom is -0.506 e. The first kappa shape index (κ1) is 52.5. The van der Waals surface area contributed by atoms with Crippen LogP contribution in [-0.2, 0) is 9.13 Å². The Labute approximate surface area is 420 Å². The number of fused-ring (bicyclic) bond motifs is 1. The summed E-state index contributed by atoms with van der Waals surface area (Å²) in [5.41, 5.74) is -4.53. The van der Waals surface area contributed by atoms with Crippen LogP contribution in [0.15, 0.2) is 209 Å². The second-order valence-corrected chi connectivity index (χ2v) is 19.7. The van der Waals surface area contributed by atoms with E-state index in [4.69, 9.17) is 4.74 Å². The number of hydrogen-bond acceptors (Lipinski definition) is 7. The van der Waals surface area contributed by atoms with Crippen LogP contribution >= 0.6 is 14.3 Å². The van der Waals surface area contributed by atoms with Gasteiger partial charge in [-0.1, -0.05) is 182 Å². The van der Waals surface area contributed by atoms with Crippen molar-refractivity contribution in [3.05, 3.63) is 216 Å². The summed E-state index contributed by atoms with van der Waals surface area (Å²) in [6, 6.07) is 61.3. The minimum atomic E-state index is -6.79. The number of halogens is 7. The van der Waals surface area contributed by atoms with Gasteiger partial charge in [-0.15, -0.1) is 0 Å². The van der Waals surface area contributed by atoms with Gasteiger partial charge < -0.3 is 23.4 Å². The maximum atomic E-state index is 13.8. The molecule has 1 radical (unpaired) electrons. The summed E-state index contributed by atoms with van der Waals surface area (Å²) in [7, 11) is -4.35. The molecule has 7 nitrogen and oxygen atoms in total. The third-order valence-corrected chi connectivity index (χ3v) is 16.2. The number of methoxy groups -OCH3 is 1. The zero-order chi connectivity index (χ0) is 47.8. The van der Waals surface area contributed by atoms with Crippen molar-refractivity contribution < 1.29 is 108 Å². The van der Waals surface area contributed by atoms with Crippen molar-refractivity contribution in [2.45, 2.75) is 18.0 Å². The molecule has 0 aliphatic carbocycles. The summed E-state index contributed by atoms with van der Waals surface area (Å²) in [4.78, 5) is 23.3. The van der Waals surface area contributed by atoms with Crippen molar-refractivity contribution in [3.8, 4) is 11.5 Å². The summed E-state index contributed by atoms with van der Waals surface area (Å²) in [6.07, 6.45) is -6.79. The molecule has 345 valence electrons. The second kappa shape index (κ2) is 22.1. The molecule has 0 aliphatic rings. The molecular formula is C50H37EuF7O7P2. The SMILES string of the molecule is COc1ccc2c(O)c(C(=O)C(F)(F)C(F)(F)C(F)(F)F)c(=O)oc2c1.O=P(c1ccccc1)(c1ccccc1)c1ccccc1.O=P(c1ccccc1)(c1ccccc1)c1ccccc1.[Eu]. The van der Waals surface area contributed by atoms with Gasteiger partial charge in [-0.05, 0) is 12.1 Å². The first-order chi connectivity index (χ1) is 31.4. The number of carbonyl (C=O) groups is 1. The van der Waals surface area contributed by atoms with Gasteiger partial charge in [0.25, 0.3) is 0 Å². The van der Waals surface area contributed by atoms with E-state index in [-0.39, 0.29) is 55.1 Å². The fraction of sp³-hybridized carbons (Fsp3) is 0.0800. The Morgan fingerprint density at radius 2 is 0.821 bits per heavy atom. The number of alkyl halides is 7. The fourth-order valence-electron chi connectivity index (χ4n) is 6.69. The third kappa shape index (κ3) is 11.0. The standard InChI is InChI=1S/2C18H15OP.C14H7F7O5.Eu/c2*19-20(16-10-4-1-5-11-16,17-12-6-2-7-13-17)18-14-8-3-9-15-18;1-25-5-2-3-6-7(4-5)26-11(24)8(9(6)22)10(23)12(15,16)13(17,18)14(19,20)21;/h2*1-15H;2-4,22H,1H3;. The van der Waals surface area contributed by atoms with Crippen molar-refractivity contribution in [2.24, 2.45) is 0 Å². The Bertz CT molecular complexity index is 2720. The molecule has 0 atom stereocenters. The van der Waals surface area contributed by atoms with Gasteiger partial charge >= 0.3 is 23.6 Å². The number of aromatic hydroxyl groups is 1. The molecule has 17 heteroatoms. The number of hydrogen-bond donors (Lipinski definition) is 1. The Morgan fingerprint density at radius 3 is 1.09 bits per heavy atom. The van der Waals surface area contributed by atoms with Gasteiger partial charge in [0.05, 0.1) is 12.5 Å². The average molecular weight is 1100 g/mol. The van der Waals surface area contributed by atoms with Gasteiger partial charge in [-0.2, -0.15) is 30.7 Å². The van der Waals surface area contributed by atoms with Crippen LogP contribution in [0.1, 0.15) is 10.4 Å². The molecule has 1 heterocycles. The normalized spacial score (nSPS) is 11.8. The van der Waals surface area contributed by atoms with Gasteiger partial charge in [-0.3, -0.25) is 4.79 Å². The molecule has 0 bridgehead atoms. The maximum absolute atomic E-state index is 13.8. The summed E-state index contributed by atoms with van der Waals surface area (Å²) in [5.74, 6) is -17.8. The van der Waals surface area contributed by atoms with Crippen molar-refractivity contribution in [1.29, 1.82) is 0 Å². The smallest absolute Gasteiger partial charge is 0.460 e. The molecule has 0 spiro atoms. The molecule has 1 N–H and O–H groups in total. The van der Waals surface area contributed by atoms with E-state index in [9.17, 15) is 54.6 Å². The number of ketones is 1. The molecule has 0 saturated heterocycles. The number of benzene rings is 7. The summed E-state index contributed by atoms with van der Waals surface area (Å²) >= 11 is 0. The quantitative estimate of drug-likeness (QED) is 0.0629. The Hall–Kier alpha value is -5.43. The van der Waals surface area contributed by atoms with E-state index in [0.29, 0.717) is 0 Å². The van der Waals surface area contributed by atoms with Crippen molar-refractivity contribution in [2.75, 3.05) is 7.11 Å². The monoisotopic (exact) mass is 1100 g/mol. The van der Waals surface area contributed by atoms with Crippen LogP contribution in [0.2, 0.25) is 0 Å². The Balaban J connectivity index is 0.000000189. The minimum absolute atomic E-state index is 0. The third-order valence-electron chi connectivity index (χ3n) is 10.1. The van der Waals surface area contributed by atoms with E-state index in [0.717, 1.165) is 50.0 Å². The second-order valence-electron chi connectivity index (χ2n) is 14.2. The molecular weight excluding hydrogens is 1060 g/mol. The van der Waals surface area contributed by atoms with E-state index in [1.54, 1.807) is 0 Å². The van der Waals surface area contributed by atoms with Gasteiger partial charge in [0.1, 0.15) is 17.1 Å². The number of carbonyl (C=O) groups excluding carboxylic acids is 1. The maximum Gasteiger partial charge on any atom is 0.460 e. The summed E-state index contributed by atoms with van der Waals surface area (Å²) in [5, 5.41) is 14.5. The molecule has 0 unspecified atom stereocenters. The molecule has 8 rings (SSSR count). The largest absolute Gasteiger partial charge is 0.506 e. The van der Waals surface area contributed by atoms with Crippen LogP contribution in [-0.4, -0.2) is 36.0 Å².